The molecular weight excluding hydrogens is 444 g/mol. The maximum Gasteiger partial charge on any atom is 0.322 e. The summed E-state index contributed by atoms with van der Waals surface area (Å²) in [5.41, 5.74) is 1.33. The van der Waals surface area contributed by atoms with E-state index >= 15 is 0 Å². The summed E-state index contributed by atoms with van der Waals surface area (Å²) >= 11 is 0. The van der Waals surface area contributed by atoms with Gasteiger partial charge in [0.25, 0.3) is 0 Å². The van der Waals surface area contributed by atoms with E-state index in [0.717, 1.165) is 31.3 Å². The average Bonchev–Trinajstić information content (AvgIpc) is 3.10. The smallest absolute Gasteiger partial charge is 0.322 e. The van der Waals surface area contributed by atoms with E-state index in [4.69, 9.17) is 9.47 Å². The maximum absolute atomic E-state index is 14.1. The quantitative estimate of drug-likeness (QED) is 0.561. The lowest BCUT2D eigenvalue weighted by Gasteiger charge is -2.38. The predicted molar refractivity (Wildman–Crippen MR) is 119 cm³/mol. The van der Waals surface area contributed by atoms with Crippen LogP contribution in [-0.4, -0.2) is 51.2 Å². The summed E-state index contributed by atoms with van der Waals surface area (Å²) in [6, 6.07) is 6.00. The molecule has 2 saturated carbocycles. The van der Waals surface area contributed by atoms with Gasteiger partial charge in [0.15, 0.2) is 11.6 Å². The Labute approximate surface area is 195 Å². The zero-order valence-corrected chi connectivity index (χ0v) is 19.1. The molecule has 0 amide bonds. The highest BCUT2D eigenvalue weighted by atomic mass is 19.2. The standard InChI is InChI=1S/C23H25F2N7O2/c1-12(2)32-22(34-17-6-4-5-16(24)19(17)25)28-21(30-32)27-20-14-8-23(14)11-31(10-15(20)23)13-7-18(33-3)29-26-9-13/h4-7,9,12,14-15,20H,8,10-11H2,1-3H3,(H,27,30)/t14?,15-,20+,23?/m0/s1. The molecule has 0 radical (unpaired) electrons. The van der Waals surface area contributed by atoms with Gasteiger partial charge in [-0.05, 0) is 43.7 Å². The van der Waals surface area contributed by atoms with Crippen LogP contribution >= 0.6 is 0 Å². The fourth-order valence-electron chi connectivity index (χ4n) is 5.63. The number of rotatable bonds is 7. The van der Waals surface area contributed by atoms with Crippen LogP contribution in [0.25, 0.3) is 0 Å². The van der Waals surface area contributed by atoms with Gasteiger partial charge >= 0.3 is 6.01 Å². The molecule has 6 rings (SSSR count). The second-order valence-electron chi connectivity index (χ2n) is 9.57. The SMILES string of the molecule is COc1cc(N2C[C@H]3[C@H](Nc4nc(Oc5cccc(F)c5F)n(C(C)C)n4)C4CC43C2)cnn1. The summed E-state index contributed by atoms with van der Waals surface area (Å²) in [6.07, 6.45) is 2.93. The highest BCUT2D eigenvalue weighted by Crippen LogP contribution is 2.74. The van der Waals surface area contributed by atoms with Gasteiger partial charge < -0.3 is 19.7 Å². The number of methoxy groups -OCH3 is 1. The fourth-order valence-corrected chi connectivity index (χ4v) is 5.63. The van der Waals surface area contributed by atoms with Crippen molar-refractivity contribution < 1.29 is 18.3 Å². The summed E-state index contributed by atoms with van der Waals surface area (Å²) in [4.78, 5) is 6.80. The molecule has 1 spiro atoms. The third-order valence-electron chi connectivity index (χ3n) is 7.38. The Hall–Kier alpha value is -3.50. The van der Waals surface area contributed by atoms with E-state index in [2.05, 4.69) is 30.5 Å². The zero-order valence-electron chi connectivity index (χ0n) is 19.1. The third-order valence-corrected chi connectivity index (χ3v) is 7.38. The van der Waals surface area contributed by atoms with Gasteiger partial charge in [-0.3, -0.25) is 0 Å². The highest BCUT2D eigenvalue weighted by Gasteiger charge is 2.76. The minimum Gasteiger partial charge on any atom is -0.480 e. The Bertz CT molecular complexity index is 1250. The number of nitrogens with zero attached hydrogens (tertiary/aromatic N) is 6. The Morgan fingerprint density at radius 2 is 2.09 bits per heavy atom. The topological polar surface area (TPSA) is 90.2 Å². The number of benzene rings is 1. The molecule has 34 heavy (non-hydrogen) atoms. The number of anilines is 2. The molecule has 2 aromatic heterocycles. The number of hydrogen-bond acceptors (Lipinski definition) is 8. The van der Waals surface area contributed by atoms with Gasteiger partial charge in [-0.1, -0.05) is 6.07 Å². The minimum absolute atomic E-state index is 0.0766. The summed E-state index contributed by atoms with van der Waals surface area (Å²) in [6.45, 7) is 5.73. The molecule has 1 aromatic carbocycles. The van der Waals surface area contributed by atoms with Gasteiger partial charge in [0, 0.05) is 31.1 Å². The molecule has 3 aliphatic rings. The van der Waals surface area contributed by atoms with Crippen molar-refractivity contribution in [1.82, 2.24) is 25.0 Å². The van der Waals surface area contributed by atoms with Crippen LogP contribution < -0.4 is 19.7 Å². The summed E-state index contributed by atoms with van der Waals surface area (Å²) in [5, 5.41) is 16.0. The highest BCUT2D eigenvalue weighted by molar-refractivity contribution is 5.52. The fraction of sp³-hybridized carbons (Fsp3) is 0.478. The first kappa shape index (κ1) is 21.1. The van der Waals surface area contributed by atoms with Crippen LogP contribution in [0.2, 0.25) is 0 Å². The van der Waals surface area contributed by atoms with E-state index in [9.17, 15) is 8.78 Å². The summed E-state index contributed by atoms with van der Waals surface area (Å²) in [7, 11) is 1.58. The van der Waals surface area contributed by atoms with Gasteiger partial charge in [0.2, 0.25) is 17.6 Å². The second kappa shape index (κ2) is 7.51. The summed E-state index contributed by atoms with van der Waals surface area (Å²) in [5.74, 6) is -0.315. The molecule has 3 fully saturated rings. The van der Waals surface area contributed by atoms with E-state index in [0.29, 0.717) is 29.1 Å². The first-order valence-corrected chi connectivity index (χ1v) is 11.4. The molecule has 178 valence electrons. The van der Waals surface area contributed by atoms with Crippen molar-refractivity contribution in [3.05, 3.63) is 42.1 Å². The van der Waals surface area contributed by atoms with Crippen LogP contribution in [-0.2, 0) is 0 Å². The Morgan fingerprint density at radius 1 is 1.24 bits per heavy atom. The minimum atomic E-state index is -1.05. The van der Waals surface area contributed by atoms with Crippen molar-refractivity contribution >= 4 is 11.6 Å². The van der Waals surface area contributed by atoms with Crippen LogP contribution in [0.4, 0.5) is 20.4 Å². The Balaban J connectivity index is 1.19. The van der Waals surface area contributed by atoms with Crippen molar-refractivity contribution in [3.8, 4) is 17.6 Å². The third kappa shape index (κ3) is 3.17. The lowest BCUT2D eigenvalue weighted by atomic mass is 9.71. The molecule has 1 saturated heterocycles. The lowest BCUT2D eigenvalue weighted by molar-refractivity contribution is 0.193. The van der Waals surface area contributed by atoms with Crippen LogP contribution in [0.3, 0.4) is 0 Å². The van der Waals surface area contributed by atoms with Gasteiger partial charge in [-0.15, -0.1) is 10.2 Å². The van der Waals surface area contributed by atoms with E-state index in [1.807, 2.05) is 19.9 Å². The van der Waals surface area contributed by atoms with E-state index in [-0.39, 0.29) is 23.8 Å². The van der Waals surface area contributed by atoms with Crippen molar-refractivity contribution in [2.75, 3.05) is 30.4 Å². The molecule has 4 atom stereocenters. The molecule has 2 aliphatic carbocycles. The van der Waals surface area contributed by atoms with Crippen LogP contribution in [0, 0.1) is 28.9 Å². The van der Waals surface area contributed by atoms with Gasteiger partial charge in [-0.2, -0.15) is 14.5 Å². The largest absolute Gasteiger partial charge is 0.480 e. The molecule has 1 aliphatic heterocycles. The Kier molecular flexibility index (Phi) is 4.65. The molecule has 11 heteroatoms. The van der Waals surface area contributed by atoms with Crippen LogP contribution in [0.1, 0.15) is 26.3 Å². The van der Waals surface area contributed by atoms with E-state index in [1.54, 1.807) is 18.0 Å². The normalized spacial score (nSPS) is 26.6. The lowest BCUT2D eigenvalue weighted by Crippen LogP contribution is -2.47. The van der Waals surface area contributed by atoms with Crippen molar-refractivity contribution in [1.29, 1.82) is 0 Å². The maximum atomic E-state index is 14.1. The molecule has 1 N–H and O–H groups in total. The predicted octanol–water partition coefficient (Wildman–Crippen LogP) is 3.66. The van der Waals surface area contributed by atoms with E-state index < -0.39 is 11.6 Å². The number of ether oxygens (including phenoxy) is 2. The first-order chi connectivity index (χ1) is 16.4. The molecule has 3 aromatic rings. The molecule has 0 bridgehead atoms. The zero-order chi connectivity index (χ0) is 23.6. The molecular formula is C23H25F2N7O2. The summed E-state index contributed by atoms with van der Waals surface area (Å²) < 4.78 is 40.2. The van der Waals surface area contributed by atoms with Gasteiger partial charge in [0.1, 0.15) is 0 Å². The molecule has 2 unspecified atom stereocenters. The monoisotopic (exact) mass is 469 g/mol. The molecule has 9 nitrogen and oxygen atoms in total. The van der Waals surface area contributed by atoms with Gasteiger partial charge in [0.05, 0.1) is 25.0 Å². The number of aromatic nitrogens is 5. The number of halogens is 2. The average molecular weight is 469 g/mol. The second-order valence-corrected chi connectivity index (χ2v) is 9.57. The Morgan fingerprint density at radius 3 is 2.88 bits per heavy atom. The van der Waals surface area contributed by atoms with Crippen molar-refractivity contribution in [3.63, 3.8) is 0 Å². The van der Waals surface area contributed by atoms with Crippen molar-refractivity contribution in [2.45, 2.75) is 32.4 Å². The van der Waals surface area contributed by atoms with Crippen LogP contribution in [0.15, 0.2) is 30.5 Å². The first-order valence-electron chi connectivity index (χ1n) is 11.4. The van der Waals surface area contributed by atoms with Gasteiger partial charge in [-0.25, -0.2) is 9.07 Å². The van der Waals surface area contributed by atoms with Crippen molar-refractivity contribution in [2.24, 2.45) is 17.3 Å². The number of nitrogens with one attached hydrogen (secondary N) is 1. The van der Waals surface area contributed by atoms with Crippen LogP contribution in [0.5, 0.6) is 17.6 Å². The van der Waals surface area contributed by atoms with E-state index in [1.165, 1.54) is 12.1 Å². The number of hydrogen-bond donors (Lipinski definition) is 1. The molecule has 3 heterocycles.